The summed E-state index contributed by atoms with van der Waals surface area (Å²) in [5.74, 6) is 0.0972. The molecule has 1 aromatic heterocycles. The van der Waals surface area contributed by atoms with Gasteiger partial charge in [-0.25, -0.2) is 9.78 Å². The first-order chi connectivity index (χ1) is 12.4. The molecule has 2 heterocycles. The second kappa shape index (κ2) is 7.15. The first-order valence-corrected chi connectivity index (χ1v) is 8.73. The summed E-state index contributed by atoms with van der Waals surface area (Å²) >= 11 is 0. The van der Waals surface area contributed by atoms with E-state index in [0.29, 0.717) is 24.7 Å². The molecule has 1 aliphatic rings. The zero-order valence-corrected chi connectivity index (χ0v) is 15.2. The topological polar surface area (TPSA) is 79.7 Å². The monoisotopic (exact) mass is 354 g/mol. The Morgan fingerprint density at radius 3 is 2.73 bits per heavy atom. The van der Waals surface area contributed by atoms with Gasteiger partial charge in [0.25, 0.3) is 0 Å². The average Bonchev–Trinajstić information content (AvgIpc) is 2.65. The number of rotatable bonds is 5. The fraction of sp³-hybridized carbons (Fsp3) is 0.350. The number of anilines is 2. The fourth-order valence-corrected chi connectivity index (χ4v) is 3.06. The van der Waals surface area contributed by atoms with Crippen molar-refractivity contribution in [3.8, 4) is 5.75 Å². The summed E-state index contributed by atoms with van der Waals surface area (Å²) < 4.78 is 5.59. The fourth-order valence-electron chi connectivity index (χ4n) is 3.06. The van der Waals surface area contributed by atoms with Crippen molar-refractivity contribution in [3.63, 3.8) is 0 Å². The summed E-state index contributed by atoms with van der Waals surface area (Å²) in [4.78, 5) is 29.8. The zero-order chi connectivity index (χ0) is 18.8. The maximum Gasteiger partial charge on any atom is 0.337 e. The third-order valence-electron chi connectivity index (χ3n) is 4.48. The Hall–Kier alpha value is -2.89. The van der Waals surface area contributed by atoms with E-state index in [2.05, 4.69) is 4.98 Å². The molecule has 0 spiro atoms. The molecule has 1 aromatic carbocycles. The SMILES string of the molecule is CCc1cc(N2CCOc3cc(C(=O)O)cnc32)ccc1C(=O)C(C)C. The number of ketones is 1. The molecule has 2 aromatic rings. The third kappa shape index (κ3) is 3.27. The second-order valence-electron chi connectivity index (χ2n) is 6.56. The Morgan fingerprint density at radius 1 is 1.31 bits per heavy atom. The molecule has 0 saturated heterocycles. The van der Waals surface area contributed by atoms with Gasteiger partial charge in [-0.1, -0.05) is 20.8 Å². The van der Waals surface area contributed by atoms with Gasteiger partial charge in [0.2, 0.25) is 0 Å². The number of ether oxygens (including phenoxy) is 1. The van der Waals surface area contributed by atoms with E-state index in [9.17, 15) is 9.59 Å². The van der Waals surface area contributed by atoms with Gasteiger partial charge in [0.1, 0.15) is 6.61 Å². The number of carboxylic acids is 1. The summed E-state index contributed by atoms with van der Waals surface area (Å²) in [5.41, 5.74) is 2.77. The highest BCUT2D eigenvalue weighted by atomic mass is 16.5. The van der Waals surface area contributed by atoms with Gasteiger partial charge in [-0.2, -0.15) is 0 Å². The quantitative estimate of drug-likeness (QED) is 0.825. The van der Waals surface area contributed by atoms with Crippen molar-refractivity contribution in [2.45, 2.75) is 27.2 Å². The van der Waals surface area contributed by atoms with Crippen LogP contribution in [0.1, 0.15) is 47.1 Å². The van der Waals surface area contributed by atoms with Gasteiger partial charge in [0.05, 0.1) is 12.1 Å². The summed E-state index contributed by atoms with van der Waals surface area (Å²) in [7, 11) is 0. The molecule has 0 fully saturated rings. The number of benzene rings is 1. The number of pyridine rings is 1. The molecule has 0 atom stereocenters. The van der Waals surface area contributed by atoms with Crippen LogP contribution in [0.25, 0.3) is 0 Å². The lowest BCUT2D eigenvalue weighted by Gasteiger charge is -2.30. The van der Waals surface area contributed by atoms with Gasteiger partial charge in [-0.15, -0.1) is 0 Å². The maximum atomic E-state index is 12.4. The Bertz CT molecular complexity index is 861. The number of carbonyl (C=O) groups excluding carboxylic acids is 1. The zero-order valence-electron chi connectivity index (χ0n) is 15.2. The lowest BCUT2D eigenvalue weighted by Crippen LogP contribution is -2.30. The molecular weight excluding hydrogens is 332 g/mol. The van der Waals surface area contributed by atoms with Gasteiger partial charge in [0.15, 0.2) is 17.4 Å². The molecule has 3 rings (SSSR count). The molecule has 26 heavy (non-hydrogen) atoms. The van der Waals surface area contributed by atoms with Crippen LogP contribution < -0.4 is 9.64 Å². The first kappa shape index (κ1) is 17.9. The summed E-state index contributed by atoms with van der Waals surface area (Å²) in [6.07, 6.45) is 2.09. The number of carboxylic acid groups (broad SMARTS) is 1. The Labute approximate surface area is 152 Å². The van der Waals surface area contributed by atoms with E-state index >= 15 is 0 Å². The Balaban J connectivity index is 2.01. The van der Waals surface area contributed by atoms with Crippen LogP contribution in [0.3, 0.4) is 0 Å². The van der Waals surface area contributed by atoms with Gasteiger partial charge >= 0.3 is 5.97 Å². The standard InChI is InChI=1S/C20H22N2O4/c1-4-13-9-15(5-6-16(13)18(23)12(2)3)22-7-8-26-17-10-14(20(24)25)11-21-19(17)22/h5-6,9-12H,4,7-8H2,1-3H3,(H,24,25). The third-order valence-corrected chi connectivity index (χ3v) is 4.48. The molecule has 1 N–H and O–H groups in total. The van der Waals surface area contributed by atoms with E-state index < -0.39 is 5.97 Å². The summed E-state index contributed by atoms with van der Waals surface area (Å²) in [6, 6.07) is 7.29. The lowest BCUT2D eigenvalue weighted by atomic mass is 9.94. The molecule has 136 valence electrons. The van der Waals surface area contributed by atoms with Crippen molar-refractivity contribution >= 4 is 23.3 Å². The van der Waals surface area contributed by atoms with Crippen LogP contribution in [0.2, 0.25) is 0 Å². The molecule has 6 heteroatoms. The maximum absolute atomic E-state index is 12.4. The normalized spacial score (nSPS) is 13.3. The highest BCUT2D eigenvalue weighted by Gasteiger charge is 2.24. The predicted molar refractivity (Wildman–Crippen MR) is 98.7 cm³/mol. The van der Waals surface area contributed by atoms with Crippen molar-refractivity contribution in [1.29, 1.82) is 0 Å². The number of hydrogen-bond acceptors (Lipinski definition) is 5. The van der Waals surface area contributed by atoms with Crippen molar-refractivity contribution in [1.82, 2.24) is 4.98 Å². The minimum atomic E-state index is -1.04. The number of nitrogens with zero attached hydrogens (tertiary/aromatic N) is 2. The smallest absolute Gasteiger partial charge is 0.337 e. The molecule has 0 amide bonds. The second-order valence-corrected chi connectivity index (χ2v) is 6.56. The van der Waals surface area contributed by atoms with Crippen LogP contribution in [0.5, 0.6) is 5.75 Å². The van der Waals surface area contributed by atoms with Crippen LogP contribution in [0.15, 0.2) is 30.5 Å². The molecule has 0 radical (unpaired) electrons. The molecule has 6 nitrogen and oxygen atoms in total. The predicted octanol–water partition coefficient (Wildman–Crippen LogP) is 3.71. The van der Waals surface area contributed by atoms with Crippen molar-refractivity contribution < 1.29 is 19.4 Å². The summed E-state index contributed by atoms with van der Waals surface area (Å²) in [5, 5.41) is 9.12. The van der Waals surface area contributed by atoms with Crippen molar-refractivity contribution in [2.24, 2.45) is 5.92 Å². The molecular formula is C20H22N2O4. The number of aryl methyl sites for hydroxylation is 1. The van der Waals surface area contributed by atoms with Crippen LogP contribution >= 0.6 is 0 Å². The van der Waals surface area contributed by atoms with E-state index in [-0.39, 0.29) is 17.3 Å². The number of aromatic carboxylic acids is 1. The minimum absolute atomic E-state index is 0.0497. The molecule has 0 saturated carbocycles. The molecule has 0 bridgehead atoms. The van der Waals surface area contributed by atoms with Crippen molar-refractivity contribution in [2.75, 3.05) is 18.1 Å². The largest absolute Gasteiger partial charge is 0.488 e. The Morgan fingerprint density at radius 2 is 2.08 bits per heavy atom. The van der Waals surface area contributed by atoms with Gasteiger partial charge in [-0.05, 0) is 30.2 Å². The molecule has 1 aliphatic heterocycles. The van der Waals surface area contributed by atoms with E-state index in [1.807, 2.05) is 43.9 Å². The summed E-state index contributed by atoms with van der Waals surface area (Å²) in [6.45, 7) is 6.87. The van der Waals surface area contributed by atoms with Gasteiger partial charge in [0, 0.05) is 29.4 Å². The number of aromatic nitrogens is 1. The van der Waals surface area contributed by atoms with Crippen LogP contribution in [0, 0.1) is 5.92 Å². The number of fused-ring (bicyclic) bond motifs is 1. The van der Waals surface area contributed by atoms with E-state index in [0.717, 1.165) is 23.2 Å². The van der Waals surface area contributed by atoms with Gasteiger partial charge in [-0.3, -0.25) is 4.79 Å². The van der Waals surface area contributed by atoms with E-state index in [1.165, 1.54) is 12.3 Å². The van der Waals surface area contributed by atoms with Crippen LogP contribution in [-0.4, -0.2) is 35.0 Å². The van der Waals surface area contributed by atoms with E-state index in [1.54, 1.807) is 0 Å². The minimum Gasteiger partial charge on any atom is -0.488 e. The highest BCUT2D eigenvalue weighted by molar-refractivity contribution is 5.99. The first-order valence-electron chi connectivity index (χ1n) is 8.73. The average molecular weight is 354 g/mol. The van der Waals surface area contributed by atoms with Gasteiger partial charge < -0.3 is 14.7 Å². The van der Waals surface area contributed by atoms with E-state index in [4.69, 9.17) is 9.84 Å². The number of carbonyl (C=O) groups is 2. The Kier molecular flexibility index (Phi) is 4.93. The molecule has 0 unspecified atom stereocenters. The lowest BCUT2D eigenvalue weighted by molar-refractivity contribution is 0.0695. The van der Waals surface area contributed by atoms with Crippen molar-refractivity contribution in [3.05, 3.63) is 47.2 Å². The highest BCUT2D eigenvalue weighted by Crippen LogP contribution is 2.36. The number of hydrogen-bond donors (Lipinski definition) is 1. The molecule has 0 aliphatic carbocycles. The number of Topliss-reactive ketones (excluding diaryl/α,β-unsaturated/α-hetero) is 1. The van der Waals surface area contributed by atoms with Crippen LogP contribution in [-0.2, 0) is 6.42 Å². The van der Waals surface area contributed by atoms with Crippen LogP contribution in [0.4, 0.5) is 11.5 Å².